The van der Waals surface area contributed by atoms with Gasteiger partial charge in [0.25, 0.3) is 5.91 Å². The van der Waals surface area contributed by atoms with Crippen LogP contribution >= 0.6 is 0 Å². The van der Waals surface area contributed by atoms with E-state index in [-0.39, 0.29) is 5.91 Å². The molecule has 1 aliphatic rings. The molecule has 0 bridgehead atoms. The Balaban J connectivity index is 2.33. The van der Waals surface area contributed by atoms with Gasteiger partial charge in [0.05, 0.1) is 18.8 Å². The molecule has 13 heavy (non-hydrogen) atoms. The average molecular weight is 176 g/mol. The van der Waals surface area contributed by atoms with Gasteiger partial charge in [-0.15, -0.1) is 0 Å². The highest BCUT2D eigenvalue weighted by Gasteiger charge is 2.22. The van der Waals surface area contributed by atoms with Crippen molar-refractivity contribution in [2.75, 3.05) is 5.01 Å². The Labute approximate surface area is 75.1 Å². The summed E-state index contributed by atoms with van der Waals surface area (Å²) in [7, 11) is 0. The summed E-state index contributed by atoms with van der Waals surface area (Å²) in [5, 5.41) is 5.39. The van der Waals surface area contributed by atoms with E-state index >= 15 is 0 Å². The van der Waals surface area contributed by atoms with E-state index in [0.717, 1.165) is 5.71 Å². The Morgan fingerprint density at radius 3 is 2.62 bits per heavy atom. The van der Waals surface area contributed by atoms with Gasteiger partial charge < -0.3 is 0 Å². The van der Waals surface area contributed by atoms with E-state index in [0.29, 0.717) is 12.1 Å². The number of hydrazone groups is 1. The molecule has 5 nitrogen and oxygen atoms in total. The molecule has 2 rings (SSSR count). The molecule has 0 fully saturated rings. The average Bonchev–Trinajstić information content (AvgIpc) is 2.47. The molecule has 5 heteroatoms. The number of hydrogen-bond donors (Lipinski definition) is 0. The fraction of sp³-hybridized carbons (Fsp3) is 0.250. The van der Waals surface area contributed by atoms with Crippen LogP contribution in [0.2, 0.25) is 0 Å². The van der Waals surface area contributed by atoms with Gasteiger partial charge in [0.2, 0.25) is 0 Å². The molecule has 0 aromatic carbocycles. The summed E-state index contributed by atoms with van der Waals surface area (Å²) in [5.41, 5.74) is 1.43. The number of aromatic nitrogens is 2. The first kappa shape index (κ1) is 7.85. The van der Waals surface area contributed by atoms with Crippen LogP contribution in [0.4, 0.5) is 5.69 Å². The predicted octanol–water partition coefficient (Wildman–Crippen LogP) is 0.589. The predicted molar refractivity (Wildman–Crippen MR) is 47.2 cm³/mol. The fourth-order valence-electron chi connectivity index (χ4n) is 1.16. The van der Waals surface area contributed by atoms with Crippen molar-refractivity contribution in [3.63, 3.8) is 0 Å². The van der Waals surface area contributed by atoms with Crippen molar-refractivity contribution in [2.24, 2.45) is 5.10 Å². The molecular weight excluding hydrogens is 168 g/mol. The largest absolute Gasteiger partial charge is 0.272 e. The second kappa shape index (κ2) is 2.93. The van der Waals surface area contributed by atoms with Crippen molar-refractivity contribution >= 4 is 17.3 Å². The topological polar surface area (TPSA) is 58.5 Å². The summed E-state index contributed by atoms with van der Waals surface area (Å²) in [6.07, 6.45) is 4.93. The second-order valence-electron chi connectivity index (χ2n) is 2.81. The molecule has 0 atom stereocenters. The minimum Gasteiger partial charge on any atom is -0.272 e. The highest BCUT2D eigenvalue weighted by molar-refractivity contribution is 6.11. The molecule has 1 aromatic heterocycles. The Kier molecular flexibility index (Phi) is 1.77. The molecule has 0 saturated heterocycles. The molecule has 2 heterocycles. The normalized spacial score (nSPS) is 16.2. The standard InChI is InChI=1S/C8H8N4O/c1-6-2-8(13)12(11-6)7-3-9-5-10-4-7/h3-5H,2H2,1H3. The van der Waals surface area contributed by atoms with Crippen molar-refractivity contribution in [3.8, 4) is 0 Å². The maximum Gasteiger partial charge on any atom is 0.253 e. The molecule has 0 spiro atoms. The van der Waals surface area contributed by atoms with Gasteiger partial charge in [-0.3, -0.25) is 4.79 Å². The monoisotopic (exact) mass is 176 g/mol. The maximum absolute atomic E-state index is 11.3. The van der Waals surface area contributed by atoms with Gasteiger partial charge in [-0.25, -0.2) is 9.97 Å². The number of carbonyl (C=O) groups is 1. The maximum atomic E-state index is 11.3. The number of rotatable bonds is 1. The first-order chi connectivity index (χ1) is 6.27. The lowest BCUT2D eigenvalue weighted by atomic mass is 10.3. The molecule has 66 valence electrons. The Hall–Kier alpha value is -1.78. The van der Waals surface area contributed by atoms with Crippen LogP contribution in [0.1, 0.15) is 13.3 Å². The van der Waals surface area contributed by atoms with Crippen LogP contribution in [-0.4, -0.2) is 21.6 Å². The molecule has 0 aliphatic carbocycles. The van der Waals surface area contributed by atoms with Crippen LogP contribution in [0.5, 0.6) is 0 Å². The summed E-state index contributed by atoms with van der Waals surface area (Å²) in [6.45, 7) is 1.82. The highest BCUT2D eigenvalue weighted by Crippen LogP contribution is 2.17. The van der Waals surface area contributed by atoms with Crippen LogP contribution in [0.15, 0.2) is 23.8 Å². The van der Waals surface area contributed by atoms with E-state index in [4.69, 9.17) is 0 Å². The SMILES string of the molecule is CC1=NN(c2cncnc2)C(=O)C1. The number of carbonyl (C=O) groups excluding carboxylic acids is 1. The van der Waals surface area contributed by atoms with E-state index in [1.54, 1.807) is 12.4 Å². The summed E-state index contributed by atoms with van der Waals surface area (Å²) in [6, 6.07) is 0. The molecule has 1 aliphatic heterocycles. The number of anilines is 1. The molecule has 0 saturated carbocycles. The summed E-state index contributed by atoms with van der Waals surface area (Å²) < 4.78 is 0. The van der Waals surface area contributed by atoms with Gasteiger partial charge in [0.1, 0.15) is 12.0 Å². The van der Waals surface area contributed by atoms with Crippen LogP contribution < -0.4 is 5.01 Å². The van der Waals surface area contributed by atoms with Gasteiger partial charge in [-0.1, -0.05) is 0 Å². The third kappa shape index (κ3) is 1.40. The minimum absolute atomic E-state index is 0.0349. The summed E-state index contributed by atoms with van der Waals surface area (Å²) >= 11 is 0. The highest BCUT2D eigenvalue weighted by atomic mass is 16.2. The zero-order valence-electron chi connectivity index (χ0n) is 7.14. The first-order valence-corrected chi connectivity index (χ1v) is 3.89. The van der Waals surface area contributed by atoms with Crippen molar-refractivity contribution in [3.05, 3.63) is 18.7 Å². The lowest BCUT2D eigenvalue weighted by Gasteiger charge is -2.09. The van der Waals surface area contributed by atoms with Crippen LogP contribution in [0.25, 0.3) is 0 Å². The molecule has 0 N–H and O–H groups in total. The van der Waals surface area contributed by atoms with Gasteiger partial charge in [-0.05, 0) is 6.92 Å². The summed E-state index contributed by atoms with van der Waals surface area (Å²) in [4.78, 5) is 19.0. The van der Waals surface area contributed by atoms with Gasteiger partial charge in [0, 0.05) is 5.71 Å². The van der Waals surface area contributed by atoms with E-state index in [2.05, 4.69) is 15.1 Å². The Bertz CT molecular complexity index is 360. The number of hydrogen-bond acceptors (Lipinski definition) is 4. The van der Waals surface area contributed by atoms with E-state index < -0.39 is 0 Å². The number of nitrogens with zero attached hydrogens (tertiary/aromatic N) is 4. The van der Waals surface area contributed by atoms with E-state index in [1.807, 2.05) is 6.92 Å². The third-order valence-corrected chi connectivity index (χ3v) is 1.71. The van der Waals surface area contributed by atoms with Crippen LogP contribution in [0.3, 0.4) is 0 Å². The van der Waals surface area contributed by atoms with Gasteiger partial charge >= 0.3 is 0 Å². The van der Waals surface area contributed by atoms with Crippen molar-refractivity contribution in [2.45, 2.75) is 13.3 Å². The van der Waals surface area contributed by atoms with E-state index in [1.165, 1.54) is 11.3 Å². The van der Waals surface area contributed by atoms with Crippen molar-refractivity contribution in [1.29, 1.82) is 0 Å². The lowest BCUT2D eigenvalue weighted by Crippen LogP contribution is -2.19. The van der Waals surface area contributed by atoms with Crippen LogP contribution in [-0.2, 0) is 4.79 Å². The quantitative estimate of drug-likeness (QED) is 0.629. The first-order valence-electron chi connectivity index (χ1n) is 3.89. The Morgan fingerprint density at radius 1 is 1.38 bits per heavy atom. The molecule has 1 amide bonds. The molecule has 1 aromatic rings. The zero-order valence-corrected chi connectivity index (χ0v) is 7.14. The minimum atomic E-state index is -0.0349. The molecule has 0 radical (unpaired) electrons. The Morgan fingerprint density at radius 2 is 2.08 bits per heavy atom. The molecule has 0 unspecified atom stereocenters. The molecular formula is C8H8N4O. The zero-order chi connectivity index (χ0) is 9.26. The number of amides is 1. The van der Waals surface area contributed by atoms with Crippen molar-refractivity contribution < 1.29 is 4.79 Å². The fourth-order valence-corrected chi connectivity index (χ4v) is 1.16. The summed E-state index contributed by atoms with van der Waals surface area (Å²) in [5.74, 6) is -0.0349. The second-order valence-corrected chi connectivity index (χ2v) is 2.81. The third-order valence-electron chi connectivity index (χ3n) is 1.71. The van der Waals surface area contributed by atoms with E-state index in [9.17, 15) is 4.79 Å². The van der Waals surface area contributed by atoms with Gasteiger partial charge in [0.15, 0.2) is 0 Å². The van der Waals surface area contributed by atoms with Crippen molar-refractivity contribution in [1.82, 2.24) is 9.97 Å². The smallest absolute Gasteiger partial charge is 0.253 e. The van der Waals surface area contributed by atoms with Crippen LogP contribution in [0, 0.1) is 0 Å². The lowest BCUT2D eigenvalue weighted by molar-refractivity contribution is -0.116. The van der Waals surface area contributed by atoms with Gasteiger partial charge in [-0.2, -0.15) is 10.1 Å².